The number of aromatic nitrogens is 2. The summed E-state index contributed by atoms with van der Waals surface area (Å²) in [6.07, 6.45) is 5.75. The van der Waals surface area contributed by atoms with Crippen molar-refractivity contribution >= 4 is 5.57 Å². The number of allylic oxidation sites excluding steroid dienone is 3. The number of rotatable bonds is 1. The van der Waals surface area contributed by atoms with Gasteiger partial charge in [-0.3, -0.25) is 0 Å². The molecular formula is C14H26N2. The minimum Gasteiger partial charge on any atom is -0.332 e. The molecule has 2 heteroatoms. The standard InChI is InChI=1S/C9H14N2.C3H6.C2H6/c1-5-7(2)9-6-10-8(3)11(9)4;1-3-2;1-2/h5-6H,1-4H3;3H,1H2,2H3;1-2H3/b7-5+;;. The van der Waals surface area contributed by atoms with Crippen molar-refractivity contribution in [1.82, 2.24) is 9.55 Å². The normalized spacial score (nSPS) is 9.56. The number of nitrogens with zero attached hydrogens (tertiary/aromatic N) is 2. The minimum atomic E-state index is 1.06. The Hall–Kier alpha value is -1.31. The Kier molecular flexibility index (Phi) is 10.9. The van der Waals surface area contributed by atoms with E-state index < -0.39 is 0 Å². The van der Waals surface area contributed by atoms with E-state index in [4.69, 9.17) is 0 Å². The molecule has 0 amide bonds. The average Bonchev–Trinajstić information content (AvgIpc) is 2.63. The SMILES string of the molecule is C/C=C(\C)c1cnc(C)n1C.C=CC.CC. The predicted octanol–water partition coefficient (Wildman–Crippen LogP) is 4.37. The lowest BCUT2D eigenvalue weighted by Crippen LogP contribution is -1.95. The summed E-state index contributed by atoms with van der Waals surface area (Å²) in [6, 6.07) is 0. The molecule has 2 nitrogen and oxygen atoms in total. The molecule has 0 aliphatic carbocycles. The van der Waals surface area contributed by atoms with Gasteiger partial charge in [0.2, 0.25) is 0 Å². The molecule has 16 heavy (non-hydrogen) atoms. The van der Waals surface area contributed by atoms with Crippen LogP contribution in [0.4, 0.5) is 0 Å². The second-order valence-electron chi connectivity index (χ2n) is 3.13. The smallest absolute Gasteiger partial charge is 0.105 e. The molecule has 1 aromatic heterocycles. The van der Waals surface area contributed by atoms with Crippen LogP contribution >= 0.6 is 0 Å². The van der Waals surface area contributed by atoms with Crippen LogP contribution in [0.15, 0.2) is 24.9 Å². The van der Waals surface area contributed by atoms with E-state index in [1.54, 1.807) is 6.08 Å². The molecule has 0 unspecified atom stereocenters. The van der Waals surface area contributed by atoms with Gasteiger partial charge in [0.05, 0.1) is 11.9 Å². The Morgan fingerprint density at radius 2 is 1.81 bits per heavy atom. The molecule has 92 valence electrons. The third-order valence-electron chi connectivity index (χ3n) is 2.06. The van der Waals surface area contributed by atoms with E-state index in [0.717, 1.165) is 5.82 Å². The fourth-order valence-electron chi connectivity index (χ4n) is 1.02. The molecule has 0 saturated carbocycles. The first-order valence-corrected chi connectivity index (χ1v) is 5.77. The first-order chi connectivity index (χ1) is 7.58. The van der Waals surface area contributed by atoms with Gasteiger partial charge < -0.3 is 4.57 Å². The molecule has 1 aromatic rings. The van der Waals surface area contributed by atoms with Crippen LogP contribution in [0, 0.1) is 6.92 Å². The quantitative estimate of drug-likeness (QED) is 0.645. The molecule has 0 aliphatic rings. The molecule has 0 N–H and O–H groups in total. The molecule has 0 aliphatic heterocycles. The number of imidazole rings is 1. The zero-order valence-electron chi connectivity index (χ0n) is 11.8. The maximum absolute atomic E-state index is 4.21. The van der Waals surface area contributed by atoms with E-state index in [2.05, 4.69) is 29.1 Å². The fraction of sp³-hybridized carbons (Fsp3) is 0.500. The van der Waals surface area contributed by atoms with E-state index in [1.807, 2.05) is 47.9 Å². The summed E-state index contributed by atoms with van der Waals surface area (Å²) in [5.41, 5.74) is 2.47. The Morgan fingerprint density at radius 3 is 2.06 bits per heavy atom. The molecule has 0 saturated heterocycles. The predicted molar refractivity (Wildman–Crippen MR) is 74.5 cm³/mol. The zero-order valence-corrected chi connectivity index (χ0v) is 11.8. The second kappa shape index (κ2) is 10.2. The number of hydrogen-bond donors (Lipinski definition) is 0. The van der Waals surface area contributed by atoms with Gasteiger partial charge in [0.15, 0.2) is 0 Å². The van der Waals surface area contributed by atoms with Gasteiger partial charge in [-0.05, 0) is 33.3 Å². The highest BCUT2D eigenvalue weighted by Gasteiger charge is 2.01. The van der Waals surface area contributed by atoms with Gasteiger partial charge in [-0.25, -0.2) is 4.98 Å². The van der Waals surface area contributed by atoms with E-state index in [-0.39, 0.29) is 0 Å². The van der Waals surface area contributed by atoms with Crippen LogP contribution < -0.4 is 0 Å². The van der Waals surface area contributed by atoms with Crippen LogP contribution in [0.1, 0.15) is 46.1 Å². The largest absolute Gasteiger partial charge is 0.332 e. The van der Waals surface area contributed by atoms with E-state index in [1.165, 1.54) is 11.3 Å². The van der Waals surface area contributed by atoms with Gasteiger partial charge >= 0.3 is 0 Å². The van der Waals surface area contributed by atoms with Gasteiger partial charge in [0.25, 0.3) is 0 Å². The van der Waals surface area contributed by atoms with Gasteiger partial charge in [-0.15, -0.1) is 6.58 Å². The van der Waals surface area contributed by atoms with Crippen molar-refractivity contribution in [2.75, 3.05) is 0 Å². The number of aryl methyl sites for hydroxylation is 1. The summed E-state index contributed by atoms with van der Waals surface area (Å²) >= 11 is 0. The van der Waals surface area contributed by atoms with Crippen LogP contribution in [0.3, 0.4) is 0 Å². The third kappa shape index (κ3) is 5.54. The third-order valence-corrected chi connectivity index (χ3v) is 2.06. The van der Waals surface area contributed by atoms with Crippen molar-refractivity contribution in [3.05, 3.63) is 36.4 Å². The van der Waals surface area contributed by atoms with Gasteiger partial charge in [-0.2, -0.15) is 0 Å². The minimum absolute atomic E-state index is 1.06. The van der Waals surface area contributed by atoms with E-state index in [0.29, 0.717) is 0 Å². The summed E-state index contributed by atoms with van der Waals surface area (Å²) in [6.45, 7) is 15.4. The molecular weight excluding hydrogens is 196 g/mol. The molecule has 0 aromatic carbocycles. The summed E-state index contributed by atoms with van der Waals surface area (Å²) in [5.74, 6) is 1.06. The Bertz CT molecular complexity index is 319. The lowest BCUT2D eigenvalue weighted by Gasteiger charge is -2.01. The topological polar surface area (TPSA) is 17.8 Å². The summed E-state index contributed by atoms with van der Waals surface area (Å²) in [5, 5.41) is 0. The Labute approximate surface area is 101 Å². The highest BCUT2D eigenvalue weighted by atomic mass is 15.0. The zero-order chi connectivity index (χ0) is 13.1. The van der Waals surface area contributed by atoms with Crippen LogP contribution in [-0.2, 0) is 7.05 Å². The monoisotopic (exact) mass is 222 g/mol. The van der Waals surface area contributed by atoms with Gasteiger partial charge in [-0.1, -0.05) is 26.0 Å². The fourth-order valence-corrected chi connectivity index (χ4v) is 1.02. The molecule has 0 fully saturated rings. The van der Waals surface area contributed by atoms with Crippen molar-refractivity contribution in [2.45, 2.75) is 41.5 Å². The van der Waals surface area contributed by atoms with Crippen LogP contribution in [0.25, 0.3) is 5.57 Å². The van der Waals surface area contributed by atoms with Gasteiger partial charge in [0, 0.05) is 7.05 Å². The maximum atomic E-state index is 4.21. The van der Waals surface area contributed by atoms with Crippen molar-refractivity contribution in [3.8, 4) is 0 Å². The van der Waals surface area contributed by atoms with Crippen LogP contribution in [-0.4, -0.2) is 9.55 Å². The first kappa shape index (κ1) is 17.1. The lowest BCUT2D eigenvalue weighted by atomic mass is 10.2. The number of hydrogen-bond acceptors (Lipinski definition) is 1. The van der Waals surface area contributed by atoms with Crippen molar-refractivity contribution in [1.29, 1.82) is 0 Å². The average molecular weight is 222 g/mol. The van der Waals surface area contributed by atoms with Crippen LogP contribution in [0.2, 0.25) is 0 Å². The van der Waals surface area contributed by atoms with Crippen molar-refractivity contribution in [2.24, 2.45) is 7.05 Å². The molecule has 0 radical (unpaired) electrons. The first-order valence-electron chi connectivity index (χ1n) is 5.77. The van der Waals surface area contributed by atoms with E-state index in [9.17, 15) is 0 Å². The molecule has 0 atom stereocenters. The maximum Gasteiger partial charge on any atom is 0.105 e. The molecule has 1 rings (SSSR count). The van der Waals surface area contributed by atoms with Crippen molar-refractivity contribution < 1.29 is 0 Å². The molecule has 0 spiro atoms. The summed E-state index contributed by atoms with van der Waals surface area (Å²) < 4.78 is 2.09. The summed E-state index contributed by atoms with van der Waals surface area (Å²) in [7, 11) is 2.03. The Balaban J connectivity index is 0. The molecule has 1 heterocycles. The van der Waals surface area contributed by atoms with E-state index >= 15 is 0 Å². The summed E-state index contributed by atoms with van der Waals surface area (Å²) in [4.78, 5) is 4.21. The van der Waals surface area contributed by atoms with Gasteiger partial charge in [0.1, 0.15) is 5.82 Å². The van der Waals surface area contributed by atoms with Crippen molar-refractivity contribution in [3.63, 3.8) is 0 Å². The Morgan fingerprint density at radius 1 is 1.38 bits per heavy atom. The van der Waals surface area contributed by atoms with Crippen LogP contribution in [0.5, 0.6) is 0 Å². The highest BCUT2D eigenvalue weighted by Crippen LogP contribution is 2.12. The second-order valence-corrected chi connectivity index (χ2v) is 3.13. The molecule has 0 bridgehead atoms. The highest BCUT2D eigenvalue weighted by molar-refractivity contribution is 5.59. The lowest BCUT2D eigenvalue weighted by molar-refractivity contribution is 0.845.